The van der Waals surface area contributed by atoms with Crippen LogP contribution in [0.25, 0.3) is 0 Å². The van der Waals surface area contributed by atoms with E-state index in [0.29, 0.717) is 12.3 Å². The first-order chi connectivity index (χ1) is 12.0. The lowest BCUT2D eigenvalue weighted by atomic mass is 10.1. The van der Waals surface area contributed by atoms with Gasteiger partial charge < -0.3 is 19.5 Å². The van der Waals surface area contributed by atoms with Crippen LogP contribution < -0.4 is 4.74 Å². The van der Waals surface area contributed by atoms with Gasteiger partial charge in [-0.1, -0.05) is 36.4 Å². The normalized spacial score (nSPS) is 19.7. The maximum absolute atomic E-state index is 12.2. The Morgan fingerprint density at radius 2 is 1.80 bits per heavy atom. The van der Waals surface area contributed by atoms with E-state index in [0.717, 1.165) is 16.7 Å². The monoisotopic (exact) mass is 341 g/mol. The average molecular weight is 341 g/mol. The molecule has 132 valence electrons. The summed E-state index contributed by atoms with van der Waals surface area (Å²) in [6.45, 7) is 4.73. The fourth-order valence-corrected chi connectivity index (χ4v) is 3.01. The number of likely N-dealkylation sites (tertiary alicyclic amines) is 1. The number of β-amino-alcohol motifs (C(OH)–C–C–N with tert-alkyl or cyclic N) is 1. The molecule has 25 heavy (non-hydrogen) atoms. The molecule has 5 heteroatoms. The quantitative estimate of drug-likeness (QED) is 0.928. The molecule has 0 radical (unpaired) electrons. The van der Waals surface area contributed by atoms with Crippen molar-refractivity contribution in [3.05, 3.63) is 65.2 Å². The Hall–Kier alpha value is -2.53. The molecule has 2 aromatic rings. The van der Waals surface area contributed by atoms with Crippen molar-refractivity contribution >= 4 is 6.09 Å². The molecule has 5 nitrogen and oxygen atoms in total. The van der Waals surface area contributed by atoms with Crippen molar-refractivity contribution in [2.75, 3.05) is 13.1 Å². The van der Waals surface area contributed by atoms with Gasteiger partial charge in [-0.3, -0.25) is 0 Å². The summed E-state index contributed by atoms with van der Waals surface area (Å²) in [6, 6.07) is 15.4. The fraction of sp³-hybridized carbons (Fsp3) is 0.350. The first-order valence-electron chi connectivity index (χ1n) is 8.40. The van der Waals surface area contributed by atoms with Gasteiger partial charge in [0.25, 0.3) is 0 Å². The fourth-order valence-electron chi connectivity index (χ4n) is 3.01. The number of carbonyl (C=O) groups is 1. The zero-order chi connectivity index (χ0) is 17.8. The third kappa shape index (κ3) is 4.51. The van der Waals surface area contributed by atoms with Crippen LogP contribution in [-0.4, -0.2) is 41.4 Å². The number of carbonyl (C=O) groups excluding carboxylic acids is 1. The molecule has 0 aromatic heterocycles. The van der Waals surface area contributed by atoms with Crippen molar-refractivity contribution in [3.8, 4) is 5.75 Å². The van der Waals surface area contributed by atoms with Gasteiger partial charge in [-0.15, -0.1) is 0 Å². The lowest BCUT2D eigenvalue weighted by Crippen LogP contribution is -2.31. The Morgan fingerprint density at radius 3 is 2.48 bits per heavy atom. The molecule has 1 heterocycles. The molecule has 1 aliphatic heterocycles. The Bertz CT molecular complexity index is 711. The summed E-state index contributed by atoms with van der Waals surface area (Å²) < 4.78 is 11.2. The Balaban J connectivity index is 1.56. The van der Waals surface area contributed by atoms with Crippen LogP contribution in [0.3, 0.4) is 0 Å². The minimum atomic E-state index is -0.731. The van der Waals surface area contributed by atoms with Crippen LogP contribution in [0.5, 0.6) is 5.75 Å². The smallest absolute Gasteiger partial charge is 0.410 e. The zero-order valence-corrected chi connectivity index (χ0v) is 14.5. The van der Waals surface area contributed by atoms with Crippen LogP contribution in [0.2, 0.25) is 0 Å². The average Bonchev–Trinajstić information content (AvgIpc) is 2.93. The van der Waals surface area contributed by atoms with Crippen LogP contribution in [-0.2, 0) is 11.3 Å². The number of nitrogens with zero attached hydrogens (tertiary/aromatic N) is 1. The lowest BCUT2D eigenvalue weighted by molar-refractivity contribution is 0.0734. The van der Waals surface area contributed by atoms with Crippen molar-refractivity contribution in [1.29, 1.82) is 0 Å². The highest BCUT2D eigenvalue weighted by molar-refractivity contribution is 5.68. The van der Waals surface area contributed by atoms with E-state index in [-0.39, 0.29) is 13.2 Å². The van der Waals surface area contributed by atoms with E-state index in [1.54, 1.807) is 0 Å². The second-order valence-electron chi connectivity index (χ2n) is 6.49. The first-order valence-corrected chi connectivity index (χ1v) is 8.40. The van der Waals surface area contributed by atoms with E-state index in [1.165, 1.54) is 4.90 Å². The van der Waals surface area contributed by atoms with E-state index >= 15 is 0 Å². The summed E-state index contributed by atoms with van der Waals surface area (Å²) in [5.74, 6) is 0.709. The maximum Gasteiger partial charge on any atom is 0.410 e. The molecular weight excluding hydrogens is 318 g/mol. The highest BCUT2D eigenvalue weighted by Gasteiger charge is 2.36. The predicted octanol–water partition coefficient (Wildman–Crippen LogP) is 3.06. The lowest BCUT2D eigenvalue weighted by Gasteiger charge is -2.18. The summed E-state index contributed by atoms with van der Waals surface area (Å²) in [5, 5.41) is 10.2. The van der Waals surface area contributed by atoms with Crippen molar-refractivity contribution < 1.29 is 19.4 Å². The number of aliphatic hydroxyl groups is 1. The van der Waals surface area contributed by atoms with Crippen molar-refractivity contribution in [3.63, 3.8) is 0 Å². The van der Waals surface area contributed by atoms with E-state index in [4.69, 9.17) is 9.47 Å². The van der Waals surface area contributed by atoms with Crippen LogP contribution in [0.4, 0.5) is 4.79 Å². The van der Waals surface area contributed by atoms with Gasteiger partial charge in [-0.25, -0.2) is 4.79 Å². The van der Waals surface area contributed by atoms with Gasteiger partial charge >= 0.3 is 6.09 Å². The summed E-state index contributed by atoms with van der Waals surface area (Å²) in [4.78, 5) is 13.7. The molecule has 0 spiro atoms. The summed E-state index contributed by atoms with van der Waals surface area (Å²) in [5.41, 5.74) is 3.13. The molecule has 2 aromatic carbocycles. The predicted molar refractivity (Wildman–Crippen MR) is 94.5 cm³/mol. The first kappa shape index (κ1) is 17.3. The van der Waals surface area contributed by atoms with Crippen LogP contribution in [0.15, 0.2) is 48.5 Å². The molecule has 0 saturated carbocycles. The van der Waals surface area contributed by atoms with Gasteiger partial charge in [0.2, 0.25) is 0 Å². The van der Waals surface area contributed by atoms with Crippen molar-refractivity contribution in [2.45, 2.75) is 32.7 Å². The third-order valence-electron chi connectivity index (χ3n) is 4.18. The van der Waals surface area contributed by atoms with Crippen LogP contribution in [0, 0.1) is 13.8 Å². The topological polar surface area (TPSA) is 59.0 Å². The summed E-state index contributed by atoms with van der Waals surface area (Å²) in [7, 11) is 0. The third-order valence-corrected chi connectivity index (χ3v) is 4.18. The summed E-state index contributed by atoms with van der Waals surface area (Å²) >= 11 is 0. The molecule has 1 amide bonds. The number of amides is 1. The van der Waals surface area contributed by atoms with Gasteiger partial charge in [0.1, 0.15) is 24.6 Å². The Kier molecular flexibility index (Phi) is 5.24. The molecule has 1 saturated heterocycles. The largest absolute Gasteiger partial charge is 0.486 e. The van der Waals surface area contributed by atoms with Crippen LogP contribution in [0.1, 0.15) is 16.7 Å². The van der Waals surface area contributed by atoms with Crippen molar-refractivity contribution in [1.82, 2.24) is 4.90 Å². The molecule has 3 rings (SSSR count). The number of hydrogen-bond acceptors (Lipinski definition) is 4. The van der Waals surface area contributed by atoms with E-state index in [2.05, 4.69) is 6.07 Å². The highest BCUT2D eigenvalue weighted by Crippen LogP contribution is 2.22. The Labute approximate surface area is 147 Å². The van der Waals surface area contributed by atoms with Gasteiger partial charge in [0.15, 0.2) is 0 Å². The van der Waals surface area contributed by atoms with Crippen LogP contribution >= 0.6 is 0 Å². The number of benzene rings is 2. The maximum atomic E-state index is 12.2. The molecule has 0 bridgehead atoms. The molecule has 1 aliphatic rings. The molecule has 1 N–H and O–H groups in total. The minimum Gasteiger partial charge on any atom is -0.486 e. The molecule has 0 aliphatic carbocycles. The highest BCUT2D eigenvalue weighted by atomic mass is 16.6. The Morgan fingerprint density at radius 1 is 1.12 bits per heavy atom. The number of aliphatic hydroxyl groups excluding tert-OH is 1. The standard InChI is InChI=1S/C20H23NO4/c1-14-8-15(2)10-17(9-14)25-19-12-21(11-18(19)22)20(23)24-13-16-6-4-3-5-7-16/h3-10,18-19,22H,11-13H2,1-2H3/t18-,19-/m1/s1. The molecular formula is C20H23NO4. The van der Waals surface area contributed by atoms with Gasteiger partial charge in [0.05, 0.1) is 13.1 Å². The summed E-state index contributed by atoms with van der Waals surface area (Å²) in [6.07, 6.45) is -1.62. The zero-order valence-electron chi connectivity index (χ0n) is 14.5. The van der Waals surface area contributed by atoms with Gasteiger partial charge in [-0.2, -0.15) is 0 Å². The van der Waals surface area contributed by atoms with E-state index in [1.807, 2.05) is 56.3 Å². The van der Waals surface area contributed by atoms with E-state index in [9.17, 15) is 9.90 Å². The van der Waals surface area contributed by atoms with Gasteiger partial charge in [0, 0.05) is 0 Å². The SMILES string of the molecule is Cc1cc(C)cc(O[C@@H]2CN(C(=O)OCc3ccccc3)C[C@H]2O)c1. The van der Waals surface area contributed by atoms with Gasteiger partial charge in [-0.05, 0) is 42.7 Å². The second kappa shape index (κ2) is 7.57. The number of hydrogen-bond donors (Lipinski definition) is 1. The molecule has 0 unspecified atom stereocenters. The second-order valence-corrected chi connectivity index (χ2v) is 6.49. The number of aryl methyl sites for hydroxylation is 2. The number of rotatable bonds is 4. The van der Waals surface area contributed by atoms with E-state index < -0.39 is 18.3 Å². The number of ether oxygens (including phenoxy) is 2. The minimum absolute atomic E-state index is 0.211. The molecule has 2 atom stereocenters. The van der Waals surface area contributed by atoms with Crippen molar-refractivity contribution in [2.24, 2.45) is 0 Å². The molecule has 1 fully saturated rings.